The molecule has 0 aliphatic carbocycles. The molecule has 8 heteroatoms. The fourth-order valence-electron chi connectivity index (χ4n) is 4.57. The Morgan fingerprint density at radius 1 is 1.10 bits per heavy atom. The van der Waals surface area contributed by atoms with E-state index in [1.165, 1.54) is 0 Å². The van der Waals surface area contributed by atoms with Gasteiger partial charge in [0, 0.05) is 27.6 Å². The average Bonchev–Trinajstić information content (AvgIpc) is 3.14. The minimum absolute atomic E-state index is 0.164. The first-order chi connectivity index (χ1) is 15.0. The zero-order valence-electron chi connectivity index (χ0n) is 16.9. The van der Waals surface area contributed by atoms with Gasteiger partial charge in [0.25, 0.3) is 5.56 Å². The van der Waals surface area contributed by atoms with Gasteiger partial charge in [-0.05, 0) is 48.9 Å². The van der Waals surface area contributed by atoms with Gasteiger partial charge in [0.05, 0.1) is 11.7 Å². The summed E-state index contributed by atoms with van der Waals surface area (Å²) in [4.78, 5) is 33.7. The quantitative estimate of drug-likeness (QED) is 0.418. The van der Waals surface area contributed by atoms with E-state index in [-0.39, 0.29) is 11.4 Å². The first-order valence-electron chi connectivity index (χ1n) is 10.2. The maximum atomic E-state index is 13.0. The molecule has 2 aromatic carbocycles. The Labute approximate surface area is 186 Å². The lowest BCUT2D eigenvalue weighted by Crippen LogP contribution is -2.41. The fraction of sp³-hybridized carbons (Fsp3) is 0.217. The van der Waals surface area contributed by atoms with Gasteiger partial charge in [-0.25, -0.2) is 9.36 Å². The fourth-order valence-corrected chi connectivity index (χ4v) is 4.84. The van der Waals surface area contributed by atoms with Crippen molar-refractivity contribution in [2.75, 3.05) is 13.1 Å². The number of para-hydroxylation sites is 1. The number of rotatable bonds is 3. The zero-order valence-corrected chi connectivity index (χ0v) is 18.4. The van der Waals surface area contributed by atoms with Gasteiger partial charge in [0.2, 0.25) is 5.88 Å². The average molecular weight is 481 g/mol. The summed E-state index contributed by atoms with van der Waals surface area (Å²) < 4.78 is 1.99. The minimum Gasteiger partial charge on any atom is -0.494 e. The molecule has 0 spiro atoms. The molecule has 5 rings (SSSR count). The van der Waals surface area contributed by atoms with E-state index in [2.05, 4.69) is 36.9 Å². The molecule has 3 heterocycles. The van der Waals surface area contributed by atoms with Crippen LogP contribution in [0.2, 0.25) is 0 Å². The van der Waals surface area contributed by atoms with Crippen LogP contribution in [0.15, 0.2) is 62.6 Å². The standard InChI is InChI=1S/C23H21BrN4O3/c1-2-27-12-11-16-15-5-3-4-6-17(15)25-19(16)20(27)18-21(29)26-23(31)28(22(18)30)14-9-7-13(24)8-10-14/h3-10,20,25,30H,2,11-12H2,1H3,(H,26,29,31). The van der Waals surface area contributed by atoms with Crippen LogP contribution in [0.1, 0.15) is 29.8 Å². The van der Waals surface area contributed by atoms with Gasteiger partial charge < -0.3 is 10.1 Å². The second-order valence-corrected chi connectivity index (χ2v) is 8.57. The van der Waals surface area contributed by atoms with Crippen molar-refractivity contribution in [1.29, 1.82) is 0 Å². The van der Waals surface area contributed by atoms with Gasteiger partial charge in [-0.2, -0.15) is 0 Å². The number of benzene rings is 2. The molecule has 0 radical (unpaired) electrons. The summed E-state index contributed by atoms with van der Waals surface area (Å²) in [5.41, 5.74) is 2.40. The lowest BCUT2D eigenvalue weighted by atomic mass is 9.93. The van der Waals surface area contributed by atoms with Crippen LogP contribution in [0.4, 0.5) is 0 Å². The molecular weight excluding hydrogens is 460 g/mol. The summed E-state index contributed by atoms with van der Waals surface area (Å²) in [7, 11) is 0. The maximum absolute atomic E-state index is 13.0. The van der Waals surface area contributed by atoms with E-state index in [1.54, 1.807) is 24.3 Å². The molecule has 1 unspecified atom stereocenters. The summed E-state index contributed by atoms with van der Waals surface area (Å²) in [5, 5.41) is 12.4. The van der Waals surface area contributed by atoms with Crippen LogP contribution in [-0.4, -0.2) is 37.6 Å². The molecule has 0 saturated carbocycles. The normalized spacial score (nSPS) is 16.5. The smallest absolute Gasteiger partial charge is 0.335 e. The summed E-state index contributed by atoms with van der Waals surface area (Å²) >= 11 is 3.38. The second kappa shape index (κ2) is 7.55. The molecular formula is C23H21BrN4O3. The molecule has 3 N–H and O–H groups in total. The number of nitrogens with zero attached hydrogens (tertiary/aromatic N) is 2. The number of likely N-dealkylation sites (N-methyl/N-ethyl adjacent to an activating group) is 1. The Morgan fingerprint density at radius 3 is 2.58 bits per heavy atom. The number of aromatic nitrogens is 3. The lowest BCUT2D eigenvalue weighted by molar-refractivity contribution is 0.215. The SMILES string of the molecule is CCN1CCc2c([nH]c3ccccc23)C1c1c(O)n(-c2ccc(Br)cc2)c(=O)[nH]c1=O. The molecule has 4 aromatic rings. The van der Waals surface area contributed by atoms with Gasteiger partial charge in [-0.3, -0.25) is 14.7 Å². The number of fused-ring (bicyclic) bond motifs is 3. The molecule has 0 saturated heterocycles. The van der Waals surface area contributed by atoms with E-state index < -0.39 is 17.3 Å². The van der Waals surface area contributed by atoms with Crippen molar-refractivity contribution >= 4 is 26.8 Å². The highest BCUT2D eigenvalue weighted by molar-refractivity contribution is 9.10. The van der Waals surface area contributed by atoms with E-state index in [1.807, 2.05) is 25.1 Å². The molecule has 31 heavy (non-hydrogen) atoms. The summed E-state index contributed by atoms with van der Waals surface area (Å²) in [6, 6.07) is 14.5. The predicted molar refractivity (Wildman–Crippen MR) is 123 cm³/mol. The van der Waals surface area contributed by atoms with Gasteiger partial charge >= 0.3 is 5.69 Å². The van der Waals surface area contributed by atoms with E-state index in [0.717, 1.165) is 44.2 Å². The van der Waals surface area contributed by atoms with Crippen molar-refractivity contribution in [3.05, 3.63) is 90.7 Å². The number of H-pyrrole nitrogens is 2. The molecule has 7 nitrogen and oxygen atoms in total. The van der Waals surface area contributed by atoms with Crippen LogP contribution in [-0.2, 0) is 6.42 Å². The lowest BCUT2D eigenvalue weighted by Gasteiger charge is -2.35. The molecule has 0 amide bonds. The third-order valence-corrected chi connectivity index (χ3v) is 6.55. The Hall–Kier alpha value is -3.10. The Kier molecular flexibility index (Phi) is 4.83. The van der Waals surface area contributed by atoms with Gasteiger partial charge in [-0.1, -0.05) is 41.1 Å². The Balaban J connectivity index is 1.78. The van der Waals surface area contributed by atoms with Crippen LogP contribution in [0.3, 0.4) is 0 Å². The molecule has 0 fully saturated rings. The Morgan fingerprint density at radius 2 is 1.84 bits per heavy atom. The van der Waals surface area contributed by atoms with Crippen molar-refractivity contribution < 1.29 is 5.11 Å². The first kappa shape index (κ1) is 19.8. The molecule has 0 bridgehead atoms. The molecule has 1 aliphatic heterocycles. The number of aromatic hydroxyl groups is 1. The van der Waals surface area contributed by atoms with Crippen molar-refractivity contribution in [1.82, 2.24) is 19.4 Å². The molecule has 1 atom stereocenters. The van der Waals surface area contributed by atoms with E-state index in [4.69, 9.17) is 0 Å². The summed E-state index contributed by atoms with van der Waals surface area (Å²) in [6.07, 6.45) is 0.842. The first-order valence-corrected chi connectivity index (χ1v) is 11.0. The topological polar surface area (TPSA) is 94.1 Å². The highest BCUT2D eigenvalue weighted by atomic mass is 79.9. The number of nitrogens with one attached hydrogen (secondary N) is 2. The van der Waals surface area contributed by atoms with Crippen molar-refractivity contribution in [2.24, 2.45) is 0 Å². The monoisotopic (exact) mass is 480 g/mol. The number of aromatic amines is 2. The minimum atomic E-state index is -0.677. The highest BCUT2D eigenvalue weighted by Crippen LogP contribution is 2.39. The second-order valence-electron chi connectivity index (χ2n) is 7.65. The highest BCUT2D eigenvalue weighted by Gasteiger charge is 2.35. The molecule has 158 valence electrons. The summed E-state index contributed by atoms with van der Waals surface area (Å²) in [6.45, 7) is 3.46. The number of halogens is 1. The van der Waals surface area contributed by atoms with Crippen LogP contribution < -0.4 is 11.2 Å². The van der Waals surface area contributed by atoms with Gasteiger partial charge in [0.15, 0.2) is 0 Å². The molecule has 1 aliphatic rings. The van der Waals surface area contributed by atoms with Crippen LogP contribution in [0.5, 0.6) is 5.88 Å². The maximum Gasteiger partial charge on any atom is 0.335 e. The largest absolute Gasteiger partial charge is 0.494 e. The van der Waals surface area contributed by atoms with Crippen molar-refractivity contribution in [2.45, 2.75) is 19.4 Å². The van der Waals surface area contributed by atoms with Gasteiger partial charge in [-0.15, -0.1) is 0 Å². The number of hydrogen-bond donors (Lipinski definition) is 3. The predicted octanol–water partition coefficient (Wildman–Crippen LogP) is 3.44. The number of hydrogen-bond acceptors (Lipinski definition) is 4. The Bertz CT molecular complexity index is 1400. The van der Waals surface area contributed by atoms with Crippen molar-refractivity contribution in [3.8, 4) is 11.6 Å². The van der Waals surface area contributed by atoms with E-state index in [9.17, 15) is 14.7 Å². The van der Waals surface area contributed by atoms with E-state index >= 15 is 0 Å². The zero-order chi connectivity index (χ0) is 21.7. The van der Waals surface area contributed by atoms with Crippen molar-refractivity contribution in [3.63, 3.8) is 0 Å². The van der Waals surface area contributed by atoms with Crippen LogP contribution in [0.25, 0.3) is 16.6 Å². The van der Waals surface area contributed by atoms with Crippen LogP contribution in [0, 0.1) is 0 Å². The van der Waals surface area contributed by atoms with Crippen LogP contribution >= 0.6 is 15.9 Å². The van der Waals surface area contributed by atoms with Gasteiger partial charge in [0.1, 0.15) is 5.56 Å². The van der Waals surface area contributed by atoms with E-state index in [0.29, 0.717) is 12.2 Å². The molecule has 2 aromatic heterocycles. The summed E-state index contributed by atoms with van der Waals surface area (Å²) in [5.74, 6) is -0.342. The third kappa shape index (κ3) is 3.14. The third-order valence-electron chi connectivity index (χ3n) is 6.02.